The van der Waals surface area contributed by atoms with Crippen molar-refractivity contribution in [3.05, 3.63) is 82.3 Å². The number of ether oxygens (including phenoxy) is 1. The van der Waals surface area contributed by atoms with E-state index >= 15 is 0 Å². The highest BCUT2D eigenvalue weighted by molar-refractivity contribution is 6.33. The number of carbonyl (C=O) groups is 5. The number of ketones is 2. The number of imide groups is 1. The van der Waals surface area contributed by atoms with Gasteiger partial charge in [-0.05, 0) is 63.1 Å². The average Bonchev–Trinajstić information content (AvgIpc) is 3.42. The molecule has 4 heterocycles. The van der Waals surface area contributed by atoms with E-state index in [0.29, 0.717) is 53.1 Å². The van der Waals surface area contributed by atoms with Gasteiger partial charge in [0.15, 0.2) is 5.78 Å². The summed E-state index contributed by atoms with van der Waals surface area (Å²) in [6.45, 7) is 16.9. The zero-order chi connectivity index (χ0) is 38.8. The van der Waals surface area contributed by atoms with Crippen molar-refractivity contribution < 1.29 is 28.7 Å². The molecule has 1 aromatic heterocycles. The first-order valence-electron chi connectivity index (χ1n) is 18.6. The summed E-state index contributed by atoms with van der Waals surface area (Å²) in [7, 11) is 0. The molecule has 1 saturated carbocycles. The third kappa shape index (κ3) is 7.99. The highest BCUT2D eigenvalue weighted by Crippen LogP contribution is 2.34. The number of anilines is 3. The summed E-state index contributed by atoms with van der Waals surface area (Å²) in [5.41, 5.74) is 3.39. The third-order valence-corrected chi connectivity index (χ3v) is 11.2. The topological polar surface area (TPSA) is 140 Å². The van der Waals surface area contributed by atoms with Crippen LogP contribution < -0.4 is 19.9 Å². The van der Waals surface area contributed by atoms with Crippen LogP contribution in [0.1, 0.15) is 60.2 Å². The van der Waals surface area contributed by atoms with E-state index in [2.05, 4.69) is 36.8 Å². The Balaban J connectivity index is 0.827. The maximum absolute atomic E-state index is 13.3. The second-order valence-electron chi connectivity index (χ2n) is 14.5. The average molecular weight is 767 g/mol. The zero-order valence-corrected chi connectivity index (χ0v) is 31.6. The van der Waals surface area contributed by atoms with Crippen LogP contribution >= 0.6 is 11.6 Å². The van der Waals surface area contributed by atoms with E-state index in [0.717, 1.165) is 55.4 Å². The number of benzene rings is 2. The number of hydrogen-bond acceptors (Lipinski definition) is 10. The van der Waals surface area contributed by atoms with Crippen LogP contribution in [0.15, 0.2) is 54.7 Å². The van der Waals surface area contributed by atoms with E-state index in [1.54, 1.807) is 36.5 Å². The van der Waals surface area contributed by atoms with Gasteiger partial charge in [0.2, 0.25) is 11.6 Å². The summed E-state index contributed by atoms with van der Waals surface area (Å²) in [6.07, 6.45) is 2.54. The summed E-state index contributed by atoms with van der Waals surface area (Å²) >= 11 is 6.29. The van der Waals surface area contributed by atoms with Crippen LogP contribution in [-0.2, 0) is 9.59 Å². The van der Waals surface area contributed by atoms with Crippen molar-refractivity contribution in [3.8, 4) is 5.88 Å². The van der Waals surface area contributed by atoms with E-state index in [4.69, 9.17) is 22.9 Å². The molecule has 55 heavy (non-hydrogen) atoms. The monoisotopic (exact) mass is 766 g/mol. The molecule has 1 aliphatic carbocycles. The second-order valence-corrected chi connectivity index (χ2v) is 14.9. The number of fused-ring (bicyclic) bond motifs is 1. The number of halogens is 1. The van der Waals surface area contributed by atoms with Crippen molar-refractivity contribution in [2.75, 3.05) is 67.5 Å². The lowest BCUT2D eigenvalue weighted by Gasteiger charge is -2.45. The minimum absolute atomic E-state index is 0.0441. The van der Waals surface area contributed by atoms with Crippen LogP contribution in [0, 0.1) is 6.57 Å². The molecule has 4 aliphatic rings. The smallest absolute Gasteiger partial charge is 0.322 e. The van der Waals surface area contributed by atoms with Gasteiger partial charge in [0, 0.05) is 86.8 Å². The summed E-state index contributed by atoms with van der Waals surface area (Å²) in [5, 5.41) is 3.38. The molecule has 0 radical (unpaired) electrons. The van der Waals surface area contributed by atoms with E-state index in [1.165, 1.54) is 0 Å². The first-order chi connectivity index (χ1) is 26.5. The van der Waals surface area contributed by atoms with Crippen LogP contribution in [0.2, 0.25) is 5.02 Å². The number of nitrogens with zero attached hydrogens (tertiary/aromatic N) is 7. The van der Waals surface area contributed by atoms with Gasteiger partial charge in [-0.3, -0.25) is 29.0 Å². The lowest BCUT2D eigenvalue weighted by molar-refractivity contribution is -0.132. The van der Waals surface area contributed by atoms with Crippen LogP contribution in [0.4, 0.5) is 27.5 Å². The van der Waals surface area contributed by atoms with Gasteiger partial charge in [-0.2, -0.15) is 0 Å². The summed E-state index contributed by atoms with van der Waals surface area (Å²) in [4.78, 5) is 81.2. The molecule has 3 atom stereocenters. The zero-order valence-electron chi connectivity index (χ0n) is 30.9. The van der Waals surface area contributed by atoms with Crippen LogP contribution in [0.5, 0.6) is 5.88 Å². The lowest BCUT2D eigenvalue weighted by Crippen LogP contribution is -2.59. The summed E-state index contributed by atoms with van der Waals surface area (Å²) < 4.78 is 5.89. The van der Waals surface area contributed by atoms with Crippen LogP contribution in [0.25, 0.3) is 4.85 Å². The first-order valence-corrected chi connectivity index (χ1v) is 19.0. The van der Waals surface area contributed by atoms with Crippen molar-refractivity contribution in [1.82, 2.24) is 19.7 Å². The molecule has 7 rings (SSSR count). The van der Waals surface area contributed by atoms with Gasteiger partial charge in [0.05, 0.1) is 48.7 Å². The molecule has 286 valence electrons. The highest BCUT2D eigenvalue weighted by Gasteiger charge is 2.44. The Morgan fingerprint density at radius 3 is 2.42 bits per heavy atom. The van der Waals surface area contributed by atoms with Crippen molar-refractivity contribution in [3.63, 3.8) is 0 Å². The van der Waals surface area contributed by atoms with Gasteiger partial charge in [-0.1, -0.05) is 17.7 Å². The van der Waals surface area contributed by atoms with Gasteiger partial charge in [-0.15, -0.1) is 0 Å². The quantitative estimate of drug-likeness (QED) is 0.132. The van der Waals surface area contributed by atoms with Gasteiger partial charge in [0.1, 0.15) is 5.78 Å². The first kappa shape index (κ1) is 37.8. The van der Waals surface area contributed by atoms with Crippen LogP contribution in [0.3, 0.4) is 0 Å². The molecule has 3 fully saturated rings. The number of nitrogens with one attached hydrogen (secondary N) is 1. The SMILES string of the molecule is [C-]#[N+]c1ccc(N2C[C@@H](C)N(C(=O)Nc3ccc(OCCCN4CCN(c5ccc6c(c5)C(=O)N(C5CCC(=O)CC5=O)C6=O)CC4)nc3)C[C@@H]2C)cc1Cl. The number of amides is 4. The molecule has 14 nitrogen and oxygen atoms in total. The number of carbonyl (C=O) groups excluding carboxylic acids is 5. The normalized spacial score (nSPS) is 21.8. The highest BCUT2D eigenvalue weighted by atomic mass is 35.5. The standard InChI is InChI=1S/C40H43ClN8O6/c1-25-24-48(26(2)23-47(25)29-7-10-34(42-3)33(41)20-29)40(54)44-27-5-12-37(43-22-27)55-18-4-13-45-14-16-46(17-15-45)28-6-9-31-32(19-28)39(53)49(38(31)52)35-11-8-30(50)21-36(35)51/h5-7,9-10,12,19-20,22,25-26,35H,4,8,11,13-18,21,23-24H2,1-2H3,(H,44,54)/t25-,26+,35?/m0/s1. The number of rotatable bonds is 9. The fourth-order valence-corrected chi connectivity index (χ4v) is 8.04. The van der Waals surface area contributed by atoms with Crippen molar-refractivity contribution in [2.45, 2.75) is 57.7 Å². The number of urea groups is 1. The number of pyridine rings is 1. The van der Waals surface area contributed by atoms with E-state index in [-0.39, 0.29) is 48.9 Å². The molecular weight excluding hydrogens is 724 g/mol. The molecule has 2 saturated heterocycles. The largest absolute Gasteiger partial charge is 0.478 e. The van der Waals surface area contributed by atoms with Crippen LogP contribution in [-0.4, -0.2) is 120 Å². The van der Waals surface area contributed by atoms with Crippen molar-refractivity contribution >= 4 is 63.8 Å². The van der Waals surface area contributed by atoms with Gasteiger partial charge < -0.3 is 24.8 Å². The molecule has 3 aromatic rings. The fraction of sp³-hybridized carbons (Fsp3) is 0.425. The molecular formula is C40H43ClN8O6. The predicted molar refractivity (Wildman–Crippen MR) is 207 cm³/mol. The Morgan fingerprint density at radius 2 is 1.71 bits per heavy atom. The van der Waals surface area contributed by atoms with Gasteiger partial charge >= 0.3 is 6.03 Å². The van der Waals surface area contributed by atoms with E-state index in [1.807, 2.05) is 30.0 Å². The lowest BCUT2D eigenvalue weighted by atomic mass is 9.92. The fourth-order valence-electron chi connectivity index (χ4n) is 7.82. The molecule has 1 unspecified atom stereocenters. The number of aromatic nitrogens is 1. The second kappa shape index (κ2) is 16.1. The Kier molecular flexibility index (Phi) is 11.0. The number of Topliss-reactive ketones (excluding diaryl/α,β-unsaturated/α-hetero) is 2. The molecule has 15 heteroatoms. The molecule has 3 aliphatic heterocycles. The summed E-state index contributed by atoms with van der Waals surface area (Å²) in [5.74, 6) is -0.983. The van der Waals surface area contributed by atoms with Crippen molar-refractivity contribution in [1.29, 1.82) is 0 Å². The Hall–Kier alpha value is -5.52. The summed E-state index contributed by atoms with van der Waals surface area (Å²) in [6, 6.07) is 13.1. The minimum atomic E-state index is -0.875. The number of hydrogen-bond donors (Lipinski definition) is 1. The Labute approximate surface area is 324 Å². The molecule has 4 amide bonds. The minimum Gasteiger partial charge on any atom is -0.478 e. The van der Waals surface area contributed by atoms with E-state index in [9.17, 15) is 24.0 Å². The third-order valence-electron chi connectivity index (χ3n) is 10.9. The predicted octanol–water partition coefficient (Wildman–Crippen LogP) is 5.29. The Morgan fingerprint density at radius 1 is 0.945 bits per heavy atom. The van der Waals surface area contributed by atoms with Crippen molar-refractivity contribution in [2.24, 2.45) is 0 Å². The molecule has 1 N–H and O–H groups in total. The Bertz CT molecular complexity index is 2050. The molecule has 2 aromatic carbocycles. The molecule has 0 bridgehead atoms. The maximum atomic E-state index is 13.3. The van der Waals surface area contributed by atoms with Gasteiger partial charge in [-0.25, -0.2) is 14.6 Å². The molecule has 0 spiro atoms. The van der Waals surface area contributed by atoms with Gasteiger partial charge in [0.25, 0.3) is 11.8 Å². The number of piperazine rings is 2. The maximum Gasteiger partial charge on any atom is 0.322 e. The van der Waals surface area contributed by atoms with E-state index < -0.39 is 17.9 Å².